The Labute approximate surface area is 122 Å². The Kier molecular flexibility index (Phi) is 4.96. The van der Waals surface area contributed by atoms with Gasteiger partial charge in [0.15, 0.2) is 0 Å². The highest BCUT2D eigenvalue weighted by Gasteiger charge is 2.29. The Morgan fingerprint density at radius 1 is 1.60 bits per heavy atom. The van der Waals surface area contributed by atoms with E-state index in [-0.39, 0.29) is 36.1 Å². The van der Waals surface area contributed by atoms with E-state index in [1.54, 1.807) is 4.90 Å². The zero-order chi connectivity index (χ0) is 14.7. The van der Waals surface area contributed by atoms with Gasteiger partial charge in [0.1, 0.15) is 5.82 Å². The third kappa shape index (κ3) is 3.48. The van der Waals surface area contributed by atoms with Crippen LogP contribution in [0.4, 0.5) is 4.39 Å². The van der Waals surface area contributed by atoms with E-state index in [1.807, 2.05) is 6.92 Å². The first kappa shape index (κ1) is 15.2. The zero-order valence-corrected chi connectivity index (χ0v) is 11.9. The first-order valence-corrected chi connectivity index (χ1v) is 6.85. The molecule has 0 aromatic heterocycles. The van der Waals surface area contributed by atoms with E-state index in [4.69, 9.17) is 21.4 Å². The molecule has 2 atom stereocenters. The number of hydrogen-bond donors (Lipinski definition) is 1. The van der Waals surface area contributed by atoms with Gasteiger partial charge in [0.25, 0.3) is 0 Å². The topological polar surface area (TPSA) is 49.8 Å². The fourth-order valence-corrected chi connectivity index (χ4v) is 2.44. The van der Waals surface area contributed by atoms with Crippen molar-refractivity contribution in [2.45, 2.75) is 25.5 Å². The molecule has 1 aliphatic heterocycles. The summed E-state index contributed by atoms with van der Waals surface area (Å²) in [6, 6.07) is 3.95. The number of carbonyl (C=O) groups excluding carboxylic acids is 1. The van der Waals surface area contributed by atoms with Crippen LogP contribution in [-0.4, -0.2) is 47.8 Å². The van der Waals surface area contributed by atoms with Gasteiger partial charge in [-0.15, -0.1) is 0 Å². The molecule has 0 aliphatic carbocycles. The van der Waals surface area contributed by atoms with E-state index < -0.39 is 5.82 Å². The highest BCUT2D eigenvalue weighted by molar-refractivity contribution is 6.31. The molecule has 0 bridgehead atoms. The summed E-state index contributed by atoms with van der Waals surface area (Å²) in [5.74, 6) is -0.529. The zero-order valence-electron chi connectivity index (χ0n) is 11.2. The quantitative estimate of drug-likeness (QED) is 0.923. The number of halogens is 2. The summed E-state index contributed by atoms with van der Waals surface area (Å²) in [4.78, 5) is 14.0. The SMILES string of the molecule is C[C@H]1CO[C@@H](CO)CN1C(=O)Cc1ccc(F)cc1Cl. The van der Waals surface area contributed by atoms with E-state index in [9.17, 15) is 9.18 Å². The van der Waals surface area contributed by atoms with Crippen molar-refractivity contribution in [1.82, 2.24) is 4.90 Å². The molecule has 1 aliphatic rings. The molecule has 1 aromatic carbocycles. The number of rotatable bonds is 3. The minimum atomic E-state index is -0.425. The molecule has 1 aromatic rings. The largest absolute Gasteiger partial charge is 0.394 e. The second kappa shape index (κ2) is 6.52. The molecule has 1 saturated heterocycles. The molecular formula is C14H17ClFNO3. The number of nitrogens with zero attached hydrogens (tertiary/aromatic N) is 1. The van der Waals surface area contributed by atoms with Gasteiger partial charge in [0, 0.05) is 11.6 Å². The maximum absolute atomic E-state index is 13.0. The summed E-state index contributed by atoms with van der Waals surface area (Å²) < 4.78 is 18.4. The van der Waals surface area contributed by atoms with Gasteiger partial charge in [-0.05, 0) is 24.6 Å². The van der Waals surface area contributed by atoms with Gasteiger partial charge in [-0.1, -0.05) is 17.7 Å². The van der Waals surface area contributed by atoms with Crippen LogP contribution in [0.2, 0.25) is 5.02 Å². The van der Waals surface area contributed by atoms with Crippen molar-refractivity contribution in [2.24, 2.45) is 0 Å². The summed E-state index contributed by atoms with van der Waals surface area (Å²) >= 11 is 5.93. The summed E-state index contributed by atoms with van der Waals surface area (Å²) in [7, 11) is 0. The summed E-state index contributed by atoms with van der Waals surface area (Å²) in [5, 5.41) is 9.36. The normalized spacial score (nSPS) is 22.9. The number of aliphatic hydroxyl groups excluding tert-OH is 1. The van der Waals surface area contributed by atoms with Crippen molar-refractivity contribution in [1.29, 1.82) is 0 Å². The van der Waals surface area contributed by atoms with E-state index >= 15 is 0 Å². The summed E-state index contributed by atoms with van der Waals surface area (Å²) in [6.07, 6.45) is -0.236. The van der Waals surface area contributed by atoms with Crippen LogP contribution in [0.15, 0.2) is 18.2 Å². The van der Waals surface area contributed by atoms with Gasteiger partial charge in [0.05, 0.1) is 31.8 Å². The van der Waals surface area contributed by atoms with Gasteiger partial charge in [-0.25, -0.2) is 4.39 Å². The summed E-state index contributed by atoms with van der Waals surface area (Å²) in [6.45, 7) is 2.52. The third-order valence-corrected chi connectivity index (χ3v) is 3.74. The molecule has 0 radical (unpaired) electrons. The Hall–Kier alpha value is -1.17. The Morgan fingerprint density at radius 2 is 2.35 bits per heavy atom. The van der Waals surface area contributed by atoms with Crippen LogP contribution in [0.25, 0.3) is 0 Å². The monoisotopic (exact) mass is 301 g/mol. The van der Waals surface area contributed by atoms with Gasteiger partial charge >= 0.3 is 0 Å². The lowest BCUT2D eigenvalue weighted by atomic mass is 10.1. The highest BCUT2D eigenvalue weighted by Crippen LogP contribution is 2.20. The number of morpholine rings is 1. The number of benzene rings is 1. The van der Waals surface area contributed by atoms with Crippen molar-refractivity contribution >= 4 is 17.5 Å². The third-order valence-electron chi connectivity index (χ3n) is 3.39. The molecule has 2 rings (SSSR count). The van der Waals surface area contributed by atoms with Crippen LogP contribution in [0.5, 0.6) is 0 Å². The summed E-state index contributed by atoms with van der Waals surface area (Å²) in [5.41, 5.74) is 0.595. The number of ether oxygens (including phenoxy) is 1. The van der Waals surface area contributed by atoms with Crippen molar-refractivity contribution in [3.05, 3.63) is 34.6 Å². The van der Waals surface area contributed by atoms with E-state index in [2.05, 4.69) is 0 Å². The molecule has 1 fully saturated rings. The van der Waals surface area contributed by atoms with Crippen LogP contribution in [0, 0.1) is 5.82 Å². The first-order chi connectivity index (χ1) is 9.51. The van der Waals surface area contributed by atoms with Crippen LogP contribution in [-0.2, 0) is 16.0 Å². The fourth-order valence-electron chi connectivity index (χ4n) is 2.20. The Balaban J connectivity index is 2.06. The highest BCUT2D eigenvalue weighted by atomic mass is 35.5. The molecule has 1 heterocycles. The molecule has 6 heteroatoms. The molecule has 20 heavy (non-hydrogen) atoms. The maximum Gasteiger partial charge on any atom is 0.227 e. The van der Waals surface area contributed by atoms with E-state index in [0.717, 1.165) is 0 Å². The first-order valence-electron chi connectivity index (χ1n) is 6.47. The average molecular weight is 302 g/mol. The number of carbonyl (C=O) groups is 1. The predicted molar refractivity (Wildman–Crippen MR) is 73.1 cm³/mol. The lowest BCUT2D eigenvalue weighted by Gasteiger charge is -2.37. The molecule has 1 N–H and O–H groups in total. The minimum absolute atomic E-state index is 0.0514. The van der Waals surface area contributed by atoms with Gasteiger partial charge in [-0.2, -0.15) is 0 Å². The lowest BCUT2D eigenvalue weighted by Crippen LogP contribution is -2.52. The molecule has 0 saturated carbocycles. The second-order valence-electron chi connectivity index (χ2n) is 4.95. The van der Waals surface area contributed by atoms with Crippen molar-refractivity contribution in [3.63, 3.8) is 0 Å². The van der Waals surface area contributed by atoms with Crippen LogP contribution in [0.1, 0.15) is 12.5 Å². The maximum atomic E-state index is 13.0. The van der Waals surface area contributed by atoms with Crippen molar-refractivity contribution in [3.8, 4) is 0 Å². The molecule has 4 nitrogen and oxygen atoms in total. The van der Waals surface area contributed by atoms with Gasteiger partial charge in [0.2, 0.25) is 5.91 Å². The van der Waals surface area contributed by atoms with Crippen LogP contribution in [0.3, 0.4) is 0 Å². The van der Waals surface area contributed by atoms with E-state index in [0.29, 0.717) is 18.7 Å². The number of aliphatic hydroxyl groups is 1. The smallest absolute Gasteiger partial charge is 0.227 e. The van der Waals surface area contributed by atoms with Crippen LogP contribution >= 0.6 is 11.6 Å². The Morgan fingerprint density at radius 3 is 3.00 bits per heavy atom. The second-order valence-corrected chi connectivity index (χ2v) is 5.35. The van der Waals surface area contributed by atoms with E-state index in [1.165, 1.54) is 18.2 Å². The average Bonchev–Trinajstić information content (AvgIpc) is 2.42. The van der Waals surface area contributed by atoms with Gasteiger partial charge in [-0.3, -0.25) is 4.79 Å². The molecule has 110 valence electrons. The standard InChI is InChI=1S/C14H17ClFNO3/c1-9-8-20-12(7-18)6-17(9)14(19)4-10-2-3-11(16)5-13(10)15/h2-3,5,9,12,18H,4,6-8H2,1H3/t9-,12+/m0/s1. The molecular weight excluding hydrogens is 285 g/mol. The Bertz CT molecular complexity index is 497. The fraction of sp³-hybridized carbons (Fsp3) is 0.500. The predicted octanol–water partition coefficient (Wildman–Crippen LogP) is 1.63. The lowest BCUT2D eigenvalue weighted by molar-refractivity contribution is -0.145. The minimum Gasteiger partial charge on any atom is -0.394 e. The van der Waals surface area contributed by atoms with Crippen LogP contribution < -0.4 is 0 Å². The number of hydrogen-bond acceptors (Lipinski definition) is 3. The van der Waals surface area contributed by atoms with Gasteiger partial charge < -0.3 is 14.7 Å². The number of amides is 1. The molecule has 0 spiro atoms. The molecule has 1 amide bonds. The van der Waals surface area contributed by atoms with Crippen molar-refractivity contribution in [2.75, 3.05) is 19.8 Å². The molecule has 0 unspecified atom stereocenters. The van der Waals surface area contributed by atoms with Crippen molar-refractivity contribution < 1.29 is 19.0 Å².